The number of rotatable bonds is 2. The van der Waals surface area contributed by atoms with Crippen molar-refractivity contribution in [2.75, 3.05) is 12.4 Å². The molecule has 11 heavy (non-hydrogen) atoms. The van der Waals surface area contributed by atoms with Gasteiger partial charge in [-0.2, -0.15) is 0 Å². The summed E-state index contributed by atoms with van der Waals surface area (Å²) in [6.07, 6.45) is 0.621. The van der Waals surface area contributed by atoms with Crippen molar-refractivity contribution < 1.29 is 13.2 Å². The Morgan fingerprint density at radius 1 is 1.64 bits per heavy atom. The first-order valence-electron chi connectivity index (χ1n) is 3.59. The van der Waals surface area contributed by atoms with E-state index in [-0.39, 0.29) is 11.9 Å². The third-order valence-corrected chi connectivity index (χ3v) is 2.54. The third kappa shape index (κ3) is 3.18. The Labute approximate surface area is 66.8 Å². The molecule has 2 atom stereocenters. The van der Waals surface area contributed by atoms with Crippen LogP contribution in [0.1, 0.15) is 13.3 Å². The largest absolute Gasteiger partial charge is 0.377 e. The maximum Gasteiger partial charge on any atom is 0.211 e. The van der Waals surface area contributed by atoms with Crippen molar-refractivity contribution in [1.82, 2.24) is 0 Å². The molecule has 1 aliphatic heterocycles. The zero-order chi connectivity index (χ0) is 8.48. The van der Waals surface area contributed by atoms with Crippen LogP contribution in [0.5, 0.6) is 0 Å². The second-order valence-corrected chi connectivity index (χ2v) is 4.78. The van der Waals surface area contributed by atoms with Gasteiger partial charge in [-0.15, -0.1) is 0 Å². The summed E-state index contributed by atoms with van der Waals surface area (Å²) < 4.78 is 26.4. The Balaban J connectivity index is 2.41. The van der Waals surface area contributed by atoms with E-state index in [0.717, 1.165) is 6.42 Å². The minimum absolute atomic E-state index is 0.0443. The molecule has 1 aliphatic rings. The summed E-state index contributed by atoms with van der Waals surface area (Å²) in [6.45, 7) is 2.68. The van der Waals surface area contributed by atoms with E-state index in [2.05, 4.69) is 0 Å². The number of sulfonamides is 1. The molecule has 0 radical (unpaired) electrons. The van der Waals surface area contributed by atoms with Gasteiger partial charge < -0.3 is 4.74 Å². The lowest BCUT2D eigenvalue weighted by Gasteiger charge is -2.05. The van der Waals surface area contributed by atoms with Crippen molar-refractivity contribution in [3.8, 4) is 0 Å². The van der Waals surface area contributed by atoms with E-state index in [9.17, 15) is 8.42 Å². The van der Waals surface area contributed by atoms with Crippen LogP contribution in [-0.4, -0.2) is 26.9 Å². The van der Waals surface area contributed by atoms with Gasteiger partial charge in [-0.25, -0.2) is 13.6 Å². The Morgan fingerprint density at radius 2 is 2.27 bits per heavy atom. The average Bonchev–Trinajstić information content (AvgIpc) is 2.10. The monoisotopic (exact) mass is 179 g/mol. The fourth-order valence-electron chi connectivity index (χ4n) is 1.26. The minimum Gasteiger partial charge on any atom is -0.377 e. The molecule has 0 aromatic carbocycles. The number of hydrogen-bond donors (Lipinski definition) is 1. The summed E-state index contributed by atoms with van der Waals surface area (Å²) in [7, 11) is -3.36. The normalized spacial score (nSPS) is 32.5. The van der Waals surface area contributed by atoms with Crippen molar-refractivity contribution in [3.05, 3.63) is 0 Å². The fourth-order valence-corrected chi connectivity index (χ4v) is 2.01. The van der Waals surface area contributed by atoms with Crippen molar-refractivity contribution in [2.45, 2.75) is 19.4 Å². The first kappa shape index (κ1) is 8.96. The molecule has 2 unspecified atom stereocenters. The van der Waals surface area contributed by atoms with Gasteiger partial charge in [0.15, 0.2) is 0 Å². The fraction of sp³-hybridized carbons (Fsp3) is 1.00. The molecule has 0 aromatic heterocycles. The van der Waals surface area contributed by atoms with E-state index in [1.807, 2.05) is 6.92 Å². The molecule has 0 aromatic rings. The molecule has 0 amide bonds. The molecule has 0 bridgehead atoms. The molecule has 0 saturated carbocycles. The Bertz CT molecular complexity index is 224. The minimum atomic E-state index is -3.36. The molecular weight excluding hydrogens is 166 g/mol. The van der Waals surface area contributed by atoms with Gasteiger partial charge >= 0.3 is 0 Å². The van der Waals surface area contributed by atoms with E-state index < -0.39 is 10.0 Å². The van der Waals surface area contributed by atoms with E-state index in [4.69, 9.17) is 9.88 Å². The summed E-state index contributed by atoms with van der Waals surface area (Å²) in [5.41, 5.74) is 0. The molecule has 0 spiro atoms. The Morgan fingerprint density at radius 3 is 2.64 bits per heavy atom. The molecule has 1 heterocycles. The topological polar surface area (TPSA) is 69.4 Å². The van der Waals surface area contributed by atoms with Crippen LogP contribution in [0.15, 0.2) is 0 Å². The van der Waals surface area contributed by atoms with Gasteiger partial charge in [-0.3, -0.25) is 0 Å². The summed E-state index contributed by atoms with van der Waals surface area (Å²) in [5, 5.41) is 4.85. The van der Waals surface area contributed by atoms with Gasteiger partial charge in [0.1, 0.15) is 0 Å². The molecule has 4 nitrogen and oxygen atoms in total. The van der Waals surface area contributed by atoms with Gasteiger partial charge in [0.25, 0.3) is 0 Å². The Kier molecular flexibility index (Phi) is 2.51. The smallest absolute Gasteiger partial charge is 0.211 e. The molecule has 1 rings (SSSR count). The summed E-state index contributed by atoms with van der Waals surface area (Å²) >= 11 is 0. The lowest BCUT2D eigenvalue weighted by Crippen LogP contribution is -2.26. The zero-order valence-electron chi connectivity index (χ0n) is 6.49. The SMILES string of the molecule is CC1COC(CS(N)(=O)=O)C1. The summed E-state index contributed by atoms with van der Waals surface area (Å²) in [6, 6.07) is 0. The number of hydrogen-bond acceptors (Lipinski definition) is 3. The first-order valence-corrected chi connectivity index (χ1v) is 5.31. The zero-order valence-corrected chi connectivity index (χ0v) is 7.30. The Hall–Kier alpha value is -0.130. The maximum absolute atomic E-state index is 10.6. The van der Waals surface area contributed by atoms with Crippen LogP contribution >= 0.6 is 0 Å². The number of nitrogens with two attached hydrogens (primary N) is 1. The lowest BCUT2D eigenvalue weighted by molar-refractivity contribution is 0.123. The molecule has 1 saturated heterocycles. The van der Waals surface area contributed by atoms with Gasteiger partial charge in [-0.1, -0.05) is 6.92 Å². The van der Waals surface area contributed by atoms with Gasteiger partial charge in [0, 0.05) is 6.61 Å². The van der Waals surface area contributed by atoms with Crippen LogP contribution in [0.25, 0.3) is 0 Å². The predicted molar refractivity (Wildman–Crippen MR) is 41.5 cm³/mol. The number of primary sulfonamides is 1. The molecule has 2 N–H and O–H groups in total. The lowest BCUT2D eigenvalue weighted by atomic mass is 10.1. The highest BCUT2D eigenvalue weighted by Gasteiger charge is 2.25. The maximum atomic E-state index is 10.6. The highest BCUT2D eigenvalue weighted by atomic mass is 32.2. The van der Waals surface area contributed by atoms with Crippen LogP contribution in [0.2, 0.25) is 0 Å². The molecular formula is C6H13NO3S. The van der Waals surface area contributed by atoms with Crippen molar-refractivity contribution in [2.24, 2.45) is 11.1 Å². The van der Waals surface area contributed by atoms with Crippen LogP contribution in [0.3, 0.4) is 0 Å². The second-order valence-electron chi connectivity index (χ2n) is 3.13. The molecule has 5 heteroatoms. The summed E-state index contributed by atoms with van der Waals surface area (Å²) in [5.74, 6) is 0.416. The van der Waals surface area contributed by atoms with E-state index in [0.29, 0.717) is 12.5 Å². The van der Waals surface area contributed by atoms with Crippen LogP contribution in [0.4, 0.5) is 0 Å². The van der Waals surface area contributed by atoms with Gasteiger partial charge in [0.2, 0.25) is 10.0 Å². The van der Waals surface area contributed by atoms with E-state index in [1.54, 1.807) is 0 Å². The van der Waals surface area contributed by atoms with Gasteiger partial charge in [-0.05, 0) is 12.3 Å². The highest BCUT2D eigenvalue weighted by Crippen LogP contribution is 2.19. The first-order chi connectivity index (χ1) is 4.97. The van der Waals surface area contributed by atoms with Crippen LogP contribution < -0.4 is 5.14 Å². The van der Waals surface area contributed by atoms with Crippen molar-refractivity contribution in [3.63, 3.8) is 0 Å². The van der Waals surface area contributed by atoms with Crippen LogP contribution in [-0.2, 0) is 14.8 Å². The number of ether oxygens (including phenoxy) is 1. The quantitative estimate of drug-likeness (QED) is 0.632. The predicted octanol–water partition coefficient (Wildman–Crippen LogP) is -0.300. The van der Waals surface area contributed by atoms with Crippen molar-refractivity contribution >= 4 is 10.0 Å². The van der Waals surface area contributed by atoms with E-state index >= 15 is 0 Å². The molecule has 1 fully saturated rings. The van der Waals surface area contributed by atoms with E-state index in [1.165, 1.54) is 0 Å². The molecule has 66 valence electrons. The highest BCUT2D eigenvalue weighted by molar-refractivity contribution is 7.89. The standard InChI is InChI=1S/C6H13NO3S/c1-5-2-6(10-3-5)4-11(7,8)9/h5-6H,2-4H2,1H3,(H2,7,8,9). The van der Waals surface area contributed by atoms with Gasteiger partial charge in [0.05, 0.1) is 11.9 Å². The third-order valence-electron chi connectivity index (χ3n) is 1.70. The molecule has 0 aliphatic carbocycles. The van der Waals surface area contributed by atoms with Crippen LogP contribution in [0, 0.1) is 5.92 Å². The van der Waals surface area contributed by atoms with Crippen molar-refractivity contribution in [1.29, 1.82) is 0 Å². The average molecular weight is 179 g/mol. The summed E-state index contributed by atoms with van der Waals surface area (Å²) in [4.78, 5) is 0. The second kappa shape index (κ2) is 3.08.